The van der Waals surface area contributed by atoms with Crippen molar-refractivity contribution in [2.75, 3.05) is 38.2 Å². The fourth-order valence-electron chi connectivity index (χ4n) is 3.61. The summed E-state index contributed by atoms with van der Waals surface area (Å²) in [6.07, 6.45) is 8.37. The first kappa shape index (κ1) is 22.5. The zero-order chi connectivity index (χ0) is 20.2. The van der Waals surface area contributed by atoms with E-state index in [-0.39, 0.29) is 6.10 Å². The maximum Gasteiger partial charge on any atom is 0.191 e. The van der Waals surface area contributed by atoms with Crippen LogP contribution in [0.3, 0.4) is 0 Å². The predicted molar refractivity (Wildman–Crippen MR) is 118 cm³/mol. The maximum atomic E-state index is 5.82. The number of nitrogens with zero attached hydrogens (tertiary/aromatic N) is 3. The zero-order valence-electron chi connectivity index (χ0n) is 18.2. The van der Waals surface area contributed by atoms with Gasteiger partial charge in [-0.15, -0.1) is 0 Å². The highest BCUT2D eigenvalue weighted by Crippen LogP contribution is 2.18. The third-order valence-corrected chi connectivity index (χ3v) is 5.27. The van der Waals surface area contributed by atoms with E-state index in [0.29, 0.717) is 5.92 Å². The van der Waals surface area contributed by atoms with E-state index in [9.17, 15) is 0 Å². The molecule has 0 radical (unpaired) electrons. The van der Waals surface area contributed by atoms with Crippen molar-refractivity contribution in [3.05, 3.63) is 23.9 Å². The monoisotopic (exact) mass is 389 g/mol. The summed E-state index contributed by atoms with van der Waals surface area (Å²) in [4.78, 5) is 11.4. The topological polar surface area (TPSA) is 61.8 Å². The van der Waals surface area contributed by atoms with Crippen LogP contribution in [-0.4, -0.2) is 50.3 Å². The van der Waals surface area contributed by atoms with Crippen molar-refractivity contribution in [3.63, 3.8) is 0 Å². The number of hydrogen-bond donors (Lipinski definition) is 2. The largest absolute Gasteiger partial charge is 0.378 e. The fourth-order valence-corrected chi connectivity index (χ4v) is 3.61. The molecule has 1 aromatic heterocycles. The van der Waals surface area contributed by atoms with E-state index in [0.717, 1.165) is 51.0 Å². The van der Waals surface area contributed by atoms with E-state index >= 15 is 0 Å². The SMILES string of the molecule is CCOC(CCNC(=NC)NCc1ccnc(N2CCCCCC2)c1)C(C)C. The quantitative estimate of drug-likeness (QED) is 0.499. The van der Waals surface area contributed by atoms with Crippen molar-refractivity contribution < 1.29 is 4.74 Å². The standard InChI is InChI=1S/C22H39N5O/c1-5-28-20(18(2)3)11-13-25-22(23-4)26-17-19-10-12-24-21(16-19)27-14-8-6-7-9-15-27/h10,12,16,18,20H,5-9,11,13-15,17H2,1-4H3,(H2,23,25,26). The molecule has 0 aliphatic carbocycles. The third-order valence-electron chi connectivity index (χ3n) is 5.27. The number of aromatic nitrogens is 1. The Morgan fingerprint density at radius 2 is 1.96 bits per heavy atom. The Bertz CT molecular complexity index is 582. The molecule has 158 valence electrons. The average molecular weight is 390 g/mol. The molecule has 0 aromatic carbocycles. The van der Waals surface area contributed by atoms with Crippen molar-refractivity contribution in [1.29, 1.82) is 0 Å². The maximum absolute atomic E-state index is 5.82. The van der Waals surface area contributed by atoms with E-state index in [4.69, 9.17) is 4.74 Å². The molecule has 1 saturated heterocycles. The Morgan fingerprint density at radius 1 is 1.21 bits per heavy atom. The van der Waals surface area contributed by atoms with Gasteiger partial charge in [-0.1, -0.05) is 26.7 Å². The van der Waals surface area contributed by atoms with Gasteiger partial charge in [-0.2, -0.15) is 0 Å². The van der Waals surface area contributed by atoms with Gasteiger partial charge in [0.2, 0.25) is 0 Å². The molecular weight excluding hydrogens is 350 g/mol. The minimum Gasteiger partial charge on any atom is -0.378 e. The Labute approximate surface area is 171 Å². The minimum atomic E-state index is 0.284. The lowest BCUT2D eigenvalue weighted by Crippen LogP contribution is -2.39. The molecule has 6 heteroatoms. The van der Waals surface area contributed by atoms with Crippen molar-refractivity contribution in [2.24, 2.45) is 10.9 Å². The van der Waals surface area contributed by atoms with Gasteiger partial charge < -0.3 is 20.3 Å². The van der Waals surface area contributed by atoms with Crippen molar-refractivity contribution >= 4 is 11.8 Å². The molecule has 2 rings (SSSR count). The molecule has 6 nitrogen and oxygen atoms in total. The average Bonchev–Trinajstić information content (AvgIpc) is 2.99. The van der Waals surface area contributed by atoms with Crippen LogP contribution < -0.4 is 15.5 Å². The summed E-state index contributed by atoms with van der Waals surface area (Å²) >= 11 is 0. The molecule has 1 aliphatic heterocycles. The number of pyridine rings is 1. The summed E-state index contributed by atoms with van der Waals surface area (Å²) in [5, 5.41) is 6.82. The van der Waals surface area contributed by atoms with E-state index in [1.807, 2.05) is 13.2 Å². The Balaban J connectivity index is 1.82. The molecule has 0 spiro atoms. The first-order valence-corrected chi connectivity index (χ1v) is 10.9. The molecular formula is C22H39N5O. The van der Waals surface area contributed by atoms with E-state index in [1.165, 1.54) is 31.2 Å². The van der Waals surface area contributed by atoms with Crippen LogP contribution in [0.1, 0.15) is 58.4 Å². The highest BCUT2D eigenvalue weighted by Gasteiger charge is 2.13. The lowest BCUT2D eigenvalue weighted by Gasteiger charge is -2.22. The highest BCUT2D eigenvalue weighted by molar-refractivity contribution is 5.79. The van der Waals surface area contributed by atoms with Gasteiger partial charge in [0, 0.05) is 46.0 Å². The van der Waals surface area contributed by atoms with Gasteiger partial charge >= 0.3 is 0 Å². The molecule has 1 atom stereocenters. The van der Waals surface area contributed by atoms with Gasteiger partial charge in [0.15, 0.2) is 5.96 Å². The molecule has 1 unspecified atom stereocenters. The van der Waals surface area contributed by atoms with Crippen LogP contribution in [0.15, 0.2) is 23.3 Å². The second-order valence-electron chi connectivity index (χ2n) is 7.80. The van der Waals surface area contributed by atoms with Gasteiger partial charge in [0.05, 0.1) is 6.10 Å². The van der Waals surface area contributed by atoms with E-state index in [2.05, 4.69) is 58.4 Å². The molecule has 1 aromatic rings. The van der Waals surface area contributed by atoms with Gasteiger partial charge in [0.25, 0.3) is 0 Å². The first-order chi connectivity index (χ1) is 13.6. The second kappa shape index (κ2) is 12.6. The smallest absolute Gasteiger partial charge is 0.191 e. The first-order valence-electron chi connectivity index (χ1n) is 10.9. The fraction of sp³-hybridized carbons (Fsp3) is 0.727. The van der Waals surface area contributed by atoms with Crippen LogP contribution in [0.4, 0.5) is 5.82 Å². The molecule has 1 fully saturated rings. The second-order valence-corrected chi connectivity index (χ2v) is 7.80. The number of nitrogens with one attached hydrogen (secondary N) is 2. The number of anilines is 1. The molecule has 1 aliphatic rings. The lowest BCUT2D eigenvalue weighted by molar-refractivity contribution is 0.0258. The number of rotatable bonds is 9. The number of hydrogen-bond acceptors (Lipinski definition) is 4. The molecule has 2 N–H and O–H groups in total. The minimum absolute atomic E-state index is 0.284. The van der Waals surface area contributed by atoms with Gasteiger partial charge in [-0.25, -0.2) is 4.98 Å². The zero-order valence-corrected chi connectivity index (χ0v) is 18.2. The summed E-state index contributed by atoms with van der Waals surface area (Å²) in [6, 6.07) is 4.28. The van der Waals surface area contributed by atoms with Crippen LogP contribution in [0.25, 0.3) is 0 Å². The molecule has 28 heavy (non-hydrogen) atoms. The van der Waals surface area contributed by atoms with Gasteiger partial charge in [0.1, 0.15) is 5.82 Å². The summed E-state index contributed by atoms with van der Waals surface area (Å²) in [7, 11) is 1.81. The van der Waals surface area contributed by atoms with Gasteiger partial charge in [-0.3, -0.25) is 4.99 Å². The predicted octanol–water partition coefficient (Wildman–Crippen LogP) is 3.58. The molecule has 0 bridgehead atoms. The van der Waals surface area contributed by atoms with Crippen LogP contribution in [0, 0.1) is 5.92 Å². The third kappa shape index (κ3) is 7.66. The lowest BCUT2D eigenvalue weighted by atomic mass is 10.0. The van der Waals surface area contributed by atoms with Crippen LogP contribution >= 0.6 is 0 Å². The molecule has 0 saturated carbocycles. The summed E-state index contributed by atoms with van der Waals surface area (Å²) in [6.45, 7) is 11.0. The van der Waals surface area contributed by atoms with Crippen molar-refractivity contribution in [2.45, 2.75) is 65.5 Å². The highest BCUT2D eigenvalue weighted by atomic mass is 16.5. The Morgan fingerprint density at radius 3 is 2.61 bits per heavy atom. The van der Waals surface area contributed by atoms with E-state index in [1.54, 1.807) is 0 Å². The summed E-state index contributed by atoms with van der Waals surface area (Å²) in [5.74, 6) is 2.44. The Kier molecular flexibility index (Phi) is 10.1. The molecule has 2 heterocycles. The van der Waals surface area contributed by atoms with Crippen molar-refractivity contribution in [1.82, 2.24) is 15.6 Å². The van der Waals surface area contributed by atoms with Crippen LogP contribution in [0.2, 0.25) is 0 Å². The van der Waals surface area contributed by atoms with Gasteiger partial charge in [-0.05, 0) is 49.8 Å². The number of aliphatic imine (C=N–C) groups is 1. The number of ether oxygens (including phenoxy) is 1. The Hall–Kier alpha value is -1.82. The normalized spacial score (nSPS) is 16.8. The number of guanidine groups is 1. The van der Waals surface area contributed by atoms with Crippen LogP contribution in [-0.2, 0) is 11.3 Å². The van der Waals surface area contributed by atoms with Crippen molar-refractivity contribution in [3.8, 4) is 0 Å². The van der Waals surface area contributed by atoms with E-state index < -0.39 is 0 Å². The summed E-state index contributed by atoms with van der Waals surface area (Å²) in [5.41, 5.74) is 1.23. The molecule has 0 amide bonds. The van der Waals surface area contributed by atoms with Crippen LogP contribution in [0.5, 0.6) is 0 Å². The summed E-state index contributed by atoms with van der Waals surface area (Å²) < 4.78 is 5.82.